The molecule has 0 atom stereocenters. The van der Waals surface area contributed by atoms with Gasteiger partial charge in [0.1, 0.15) is 6.61 Å². The van der Waals surface area contributed by atoms with Crippen molar-refractivity contribution in [3.05, 3.63) is 35.9 Å². The van der Waals surface area contributed by atoms with Crippen molar-refractivity contribution in [3.8, 4) is 0 Å². The molecular formula is C16H23NO4. The van der Waals surface area contributed by atoms with Crippen LogP contribution in [0, 0.1) is 5.41 Å². The quantitative estimate of drug-likeness (QED) is 0.771. The molecule has 0 saturated heterocycles. The summed E-state index contributed by atoms with van der Waals surface area (Å²) in [5, 5.41) is 11.4. The molecule has 5 nitrogen and oxygen atoms in total. The Labute approximate surface area is 125 Å². The molecule has 0 unspecified atom stereocenters. The molecule has 0 aliphatic heterocycles. The van der Waals surface area contributed by atoms with Gasteiger partial charge in [0.15, 0.2) is 0 Å². The van der Waals surface area contributed by atoms with E-state index in [2.05, 4.69) is 5.32 Å². The van der Waals surface area contributed by atoms with Gasteiger partial charge in [0, 0.05) is 13.0 Å². The van der Waals surface area contributed by atoms with E-state index in [9.17, 15) is 9.59 Å². The fourth-order valence-corrected chi connectivity index (χ4v) is 1.85. The highest BCUT2D eigenvalue weighted by Gasteiger charge is 2.19. The van der Waals surface area contributed by atoms with Crippen molar-refractivity contribution in [1.29, 1.82) is 0 Å². The zero-order valence-corrected chi connectivity index (χ0v) is 12.6. The number of rotatable bonds is 8. The Kier molecular flexibility index (Phi) is 6.72. The highest BCUT2D eigenvalue weighted by molar-refractivity contribution is 5.67. The van der Waals surface area contributed by atoms with Crippen LogP contribution in [-0.2, 0) is 16.1 Å². The van der Waals surface area contributed by atoms with Gasteiger partial charge >= 0.3 is 12.1 Å². The molecular weight excluding hydrogens is 270 g/mol. The lowest BCUT2D eigenvalue weighted by molar-refractivity contribution is -0.137. The third-order valence-electron chi connectivity index (χ3n) is 3.30. The van der Waals surface area contributed by atoms with Crippen molar-refractivity contribution in [3.63, 3.8) is 0 Å². The average Bonchev–Trinajstić information content (AvgIpc) is 2.44. The van der Waals surface area contributed by atoms with E-state index < -0.39 is 12.1 Å². The van der Waals surface area contributed by atoms with E-state index in [-0.39, 0.29) is 18.4 Å². The molecule has 0 saturated carbocycles. The lowest BCUT2D eigenvalue weighted by atomic mass is 9.84. The zero-order valence-electron chi connectivity index (χ0n) is 12.6. The normalized spacial score (nSPS) is 11.0. The van der Waals surface area contributed by atoms with Crippen LogP contribution in [0.5, 0.6) is 0 Å². The van der Waals surface area contributed by atoms with Crippen LogP contribution >= 0.6 is 0 Å². The van der Waals surface area contributed by atoms with Crippen LogP contribution in [0.3, 0.4) is 0 Å². The van der Waals surface area contributed by atoms with Crippen LogP contribution in [0.2, 0.25) is 0 Å². The third kappa shape index (κ3) is 7.97. The molecule has 1 aromatic rings. The smallest absolute Gasteiger partial charge is 0.407 e. The molecule has 1 aromatic carbocycles. The first-order chi connectivity index (χ1) is 9.89. The first kappa shape index (κ1) is 17.0. The number of amides is 1. The van der Waals surface area contributed by atoms with Crippen LogP contribution in [0.25, 0.3) is 0 Å². The van der Waals surface area contributed by atoms with Crippen LogP contribution in [0.4, 0.5) is 4.79 Å². The van der Waals surface area contributed by atoms with Crippen molar-refractivity contribution in [2.45, 2.75) is 39.7 Å². The third-order valence-corrected chi connectivity index (χ3v) is 3.30. The second kappa shape index (κ2) is 8.29. The molecule has 0 spiro atoms. The predicted molar refractivity (Wildman–Crippen MR) is 79.9 cm³/mol. The minimum Gasteiger partial charge on any atom is -0.481 e. The van der Waals surface area contributed by atoms with Gasteiger partial charge in [0.2, 0.25) is 0 Å². The van der Waals surface area contributed by atoms with Crippen molar-refractivity contribution in [2.75, 3.05) is 6.54 Å². The second-order valence-electron chi connectivity index (χ2n) is 5.80. The maximum atomic E-state index is 11.5. The van der Waals surface area contributed by atoms with Gasteiger partial charge < -0.3 is 15.2 Å². The number of benzene rings is 1. The minimum atomic E-state index is -0.793. The van der Waals surface area contributed by atoms with Gasteiger partial charge in [-0.25, -0.2) is 4.79 Å². The van der Waals surface area contributed by atoms with Crippen molar-refractivity contribution in [2.24, 2.45) is 5.41 Å². The van der Waals surface area contributed by atoms with E-state index in [4.69, 9.17) is 9.84 Å². The average molecular weight is 293 g/mol. The Balaban J connectivity index is 2.19. The summed E-state index contributed by atoms with van der Waals surface area (Å²) in [7, 11) is 0. The molecule has 0 fully saturated rings. The number of hydrogen-bond donors (Lipinski definition) is 2. The number of alkyl carbamates (subject to hydrolysis) is 1. The van der Waals surface area contributed by atoms with Crippen molar-refractivity contribution in [1.82, 2.24) is 5.32 Å². The fourth-order valence-electron chi connectivity index (χ4n) is 1.85. The number of nitrogens with one attached hydrogen (secondary N) is 1. The molecule has 5 heteroatoms. The van der Waals surface area contributed by atoms with Crippen LogP contribution < -0.4 is 5.32 Å². The van der Waals surface area contributed by atoms with Crippen LogP contribution in [0.1, 0.15) is 38.7 Å². The van der Waals surface area contributed by atoms with Crippen LogP contribution in [0.15, 0.2) is 30.3 Å². The Hall–Kier alpha value is -2.04. The summed E-state index contributed by atoms with van der Waals surface area (Å²) in [5.74, 6) is -0.793. The molecule has 116 valence electrons. The monoisotopic (exact) mass is 293 g/mol. The maximum absolute atomic E-state index is 11.5. The largest absolute Gasteiger partial charge is 0.481 e. The van der Waals surface area contributed by atoms with Gasteiger partial charge in [-0.1, -0.05) is 44.2 Å². The zero-order chi connectivity index (χ0) is 15.7. The second-order valence-corrected chi connectivity index (χ2v) is 5.80. The summed E-state index contributed by atoms with van der Waals surface area (Å²) in [6, 6.07) is 9.47. The number of ether oxygens (including phenoxy) is 1. The molecule has 1 amide bonds. The summed E-state index contributed by atoms with van der Waals surface area (Å²) in [6.07, 6.45) is 0.989. The SMILES string of the molecule is CC(C)(CCNC(=O)OCc1ccccc1)CCC(=O)O. The number of carbonyl (C=O) groups excluding carboxylic acids is 1. The number of carboxylic acids is 1. The Morgan fingerprint density at radius 1 is 1.19 bits per heavy atom. The number of hydrogen-bond acceptors (Lipinski definition) is 3. The van der Waals surface area contributed by atoms with Gasteiger partial charge in [-0.15, -0.1) is 0 Å². The van der Waals surface area contributed by atoms with E-state index in [1.54, 1.807) is 0 Å². The number of aliphatic carboxylic acids is 1. The van der Waals surface area contributed by atoms with Gasteiger partial charge in [-0.3, -0.25) is 4.79 Å². The summed E-state index contributed by atoms with van der Waals surface area (Å²) >= 11 is 0. The van der Waals surface area contributed by atoms with E-state index in [1.807, 2.05) is 44.2 Å². The van der Waals surface area contributed by atoms with E-state index in [0.717, 1.165) is 5.56 Å². The predicted octanol–water partition coefficient (Wildman–Crippen LogP) is 3.19. The Morgan fingerprint density at radius 3 is 2.48 bits per heavy atom. The van der Waals surface area contributed by atoms with E-state index in [1.165, 1.54) is 0 Å². The summed E-state index contributed by atoms with van der Waals surface area (Å²) < 4.78 is 5.10. The first-order valence-corrected chi connectivity index (χ1v) is 7.05. The summed E-state index contributed by atoms with van der Waals surface area (Å²) in [4.78, 5) is 22.1. The van der Waals surface area contributed by atoms with Gasteiger partial charge in [-0.2, -0.15) is 0 Å². The Bertz CT molecular complexity index is 457. The summed E-state index contributed by atoms with van der Waals surface area (Å²) in [6.45, 7) is 4.70. The first-order valence-electron chi connectivity index (χ1n) is 7.05. The van der Waals surface area contributed by atoms with Crippen molar-refractivity contribution >= 4 is 12.1 Å². The van der Waals surface area contributed by atoms with Gasteiger partial charge in [0.25, 0.3) is 0 Å². The molecule has 0 aliphatic rings. The highest BCUT2D eigenvalue weighted by atomic mass is 16.5. The highest BCUT2D eigenvalue weighted by Crippen LogP contribution is 2.25. The maximum Gasteiger partial charge on any atom is 0.407 e. The number of carbonyl (C=O) groups is 2. The van der Waals surface area contributed by atoms with Crippen molar-refractivity contribution < 1.29 is 19.4 Å². The molecule has 0 aliphatic carbocycles. The van der Waals surface area contributed by atoms with Gasteiger partial charge in [0.05, 0.1) is 0 Å². The molecule has 21 heavy (non-hydrogen) atoms. The van der Waals surface area contributed by atoms with Crippen LogP contribution in [-0.4, -0.2) is 23.7 Å². The number of carboxylic acid groups (broad SMARTS) is 1. The topological polar surface area (TPSA) is 75.6 Å². The molecule has 0 radical (unpaired) electrons. The van der Waals surface area contributed by atoms with Gasteiger partial charge in [-0.05, 0) is 23.8 Å². The minimum absolute atomic E-state index is 0.120. The molecule has 2 N–H and O–H groups in total. The fraction of sp³-hybridized carbons (Fsp3) is 0.500. The van der Waals surface area contributed by atoms with E-state index in [0.29, 0.717) is 19.4 Å². The molecule has 0 heterocycles. The molecule has 1 rings (SSSR count). The Morgan fingerprint density at radius 2 is 1.86 bits per heavy atom. The summed E-state index contributed by atoms with van der Waals surface area (Å²) in [5.41, 5.74) is 0.819. The lowest BCUT2D eigenvalue weighted by Gasteiger charge is -2.23. The molecule has 0 bridgehead atoms. The standard InChI is InChI=1S/C16H23NO4/c1-16(2,9-8-14(18)19)10-11-17-15(20)21-12-13-6-4-3-5-7-13/h3-7H,8-12H2,1-2H3,(H,17,20)(H,18,19). The lowest BCUT2D eigenvalue weighted by Crippen LogP contribution is -2.28. The molecule has 0 aromatic heterocycles. The van der Waals surface area contributed by atoms with E-state index >= 15 is 0 Å².